The average molecular weight is 481 g/mol. The third kappa shape index (κ3) is 23.5. The molecule has 1 heterocycles. The Balaban J connectivity index is 0.000000818. The summed E-state index contributed by atoms with van der Waals surface area (Å²) < 4.78 is 15.0. The predicted molar refractivity (Wildman–Crippen MR) is 141 cm³/mol. The molecule has 0 saturated carbocycles. The van der Waals surface area contributed by atoms with E-state index < -0.39 is 0 Å². The molecule has 1 atom stereocenters. The first-order valence-electron chi connectivity index (χ1n) is 13.8. The number of esters is 2. The van der Waals surface area contributed by atoms with Crippen LogP contribution in [0.15, 0.2) is 25.3 Å². The lowest BCUT2D eigenvalue weighted by Crippen LogP contribution is -2.16. The van der Waals surface area contributed by atoms with Gasteiger partial charge in [-0.15, -0.1) is 0 Å². The van der Waals surface area contributed by atoms with Crippen LogP contribution in [0.25, 0.3) is 0 Å². The number of hydrogen-bond acceptors (Lipinski definition) is 5. The molecule has 0 aromatic rings. The van der Waals surface area contributed by atoms with Gasteiger partial charge in [-0.1, -0.05) is 116 Å². The molecule has 5 heteroatoms. The smallest absolute Gasteiger partial charge is 0.330 e. The summed E-state index contributed by atoms with van der Waals surface area (Å²) in [6.45, 7) is 10.6. The Bertz CT molecular complexity index is 497. The third-order valence-corrected chi connectivity index (χ3v) is 6.01. The second kappa shape index (κ2) is 26.0. The largest absolute Gasteiger partial charge is 0.463 e. The minimum Gasteiger partial charge on any atom is -0.463 e. The van der Waals surface area contributed by atoms with E-state index in [1.807, 2.05) is 0 Å². The molecule has 0 aromatic heterocycles. The summed E-state index contributed by atoms with van der Waals surface area (Å²) in [5.74, 6) is -0.675. The van der Waals surface area contributed by atoms with E-state index in [-0.39, 0.29) is 18.0 Å². The summed E-state index contributed by atoms with van der Waals surface area (Å²) in [6, 6.07) is 0. The van der Waals surface area contributed by atoms with Crippen molar-refractivity contribution in [3.63, 3.8) is 0 Å². The molecule has 0 aromatic carbocycles. The Morgan fingerprint density at radius 2 is 1.18 bits per heavy atom. The standard InChI is InChI=1S/C21H40O2.C8H12O3/c1-3-5-6-7-8-9-10-11-12-13-14-15-16-17-18-19-20-23-21(22)4-2;1-2-8(9)11-6-7-4-3-5-10-7/h4H,2-3,5-20H2,1H3;2,7H,1,3-6H2. The molecule has 34 heavy (non-hydrogen) atoms. The molecule has 1 fully saturated rings. The fraction of sp³-hybridized carbons (Fsp3) is 0.793. The van der Waals surface area contributed by atoms with Crippen LogP contribution >= 0.6 is 0 Å². The maximum atomic E-state index is 10.8. The molecule has 0 N–H and O–H groups in total. The van der Waals surface area contributed by atoms with Gasteiger partial charge in [-0.05, 0) is 19.3 Å². The van der Waals surface area contributed by atoms with Gasteiger partial charge in [-0.2, -0.15) is 0 Å². The quantitative estimate of drug-likeness (QED) is 0.0950. The molecule has 1 rings (SSSR count). The van der Waals surface area contributed by atoms with Crippen LogP contribution in [-0.2, 0) is 23.8 Å². The van der Waals surface area contributed by atoms with Gasteiger partial charge in [0.2, 0.25) is 0 Å². The summed E-state index contributed by atoms with van der Waals surface area (Å²) in [4.78, 5) is 21.4. The molecule has 1 saturated heterocycles. The lowest BCUT2D eigenvalue weighted by molar-refractivity contribution is -0.141. The number of rotatable bonds is 21. The Morgan fingerprint density at radius 3 is 1.59 bits per heavy atom. The van der Waals surface area contributed by atoms with Gasteiger partial charge >= 0.3 is 11.9 Å². The maximum absolute atomic E-state index is 10.8. The van der Waals surface area contributed by atoms with E-state index >= 15 is 0 Å². The highest BCUT2D eigenvalue weighted by molar-refractivity contribution is 5.81. The first kappa shape index (κ1) is 32.4. The van der Waals surface area contributed by atoms with Crippen LogP contribution < -0.4 is 0 Å². The molecule has 1 unspecified atom stereocenters. The first-order valence-corrected chi connectivity index (χ1v) is 13.8. The fourth-order valence-corrected chi connectivity index (χ4v) is 3.89. The lowest BCUT2D eigenvalue weighted by Gasteiger charge is -2.07. The van der Waals surface area contributed by atoms with Crippen LogP contribution in [0.3, 0.4) is 0 Å². The zero-order valence-electron chi connectivity index (χ0n) is 22.0. The molecular weight excluding hydrogens is 428 g/mol. The monoisotopic (exact) mass is 480 g/mol. The van der Waals surface area contributed by atoms with Crippen LogP contribution in [0.2, 0.25) is 0 Å². The molecule has 0 spiro atoms. The highest BCUT2D eigenvalue weighted by Gasteiger charge is 2.16. The van der Waals surface area contributed by atoms with Gasteiger partial charge in [0, 0.05) is 18.8 Å². The molecule has 1 aliphatic rings. The van der Waals surface area contributed by atoms with E-state index in [0.717, 1.165) is 31.9 Å². The zero-order valence-corrected chi connectivity index (χ0v) is 22.0. The third-order valence-electron chi connectivity index (χ3n) is 6.01. The van der Waals surface area contributed by atoms with Gasteiger partial charge in [0.05, 0.1) is 12.7 Å². The van der Waals surface area contributed by atoms with E-state index in [9.17, 15) is 9.59 Å². The van der Waals surface area contributed by atoms with Crippen LogP contribution in [0.4, 0.5) is 0 Å². The summed E-state index contributed by atoms with van der Waals surface area (Å²) in [5.41, 5.74) is 0. The van der Waals surface area contributed by atoms with Crippen molar-refractivity contribution in [3.8, 4) is 0 Å². The molecule has 0 radical (unpaired) electrons. The Hall–Kier alpha value is -1.62. The van der Waals surface area contributed by atoms with Gasteiger partial charge < -0.3 is 14.2 Å². The van der Waals surface area contributed by atoms with Crippen molar-refractivity contribution in [1.29, 1.82) is 0 Å². The molecule has 0 amide bonds. The minimum absolute atomic E-state index is 0.110. The molecule has 198 valence electrons. The van der Waals surface area contributed by atoms with Crippen molar-refractivity contribution < 1.29 is 23.8 Å². The number of ether oxygens (including phenoxy) is 3. The predicted octanol–water partition coefficient (Wildman–Crippen LogP) is 7.87. The fourth-order valence-electron chi connectivity index (χ4n) is 3.89. The molecule has 5 nitrogen and oxygen atoms in total. The summed E-state index contributed by atoms with van der Waals surface area (Å²) in [7, 11) is 0. The van der Waals surface area contributed by atoms with E-state index in [2.05, 4.69) is 20.1 Å². The lowest BCUT2D eigenvalue weighted by atomic mass is 10.0. The number of hydrogen-bond donors (Lipinski definition) is 0. The Morgan fingerprint density at radius 1 is 0.735 bits per heavy atom. The molecular formula is C29H52O5. The summed E-state index contributed by atoms with van der Waals surface area (Å²) in [5, 5.41) is 0. The number of carbonyl (C=O) groups excluding carboxylic acids is 2. The number of carbonyl (C=O) groups is 2. The van der Waals surface area contributed by atoms with Crippen LogP contribution in [0.1, 0.15) is 122 Å². The SMILES string of the molecule is C=CC(=O)OCC1CCCO1.C=CC(=O)OCCCCCCCCCCCCCCCCCC. The van der Waals surface area contributed by atoms with Gasteiger partial charge in [0.15, 0.2) is 0 Å². The van der Waals surface area contributed by atoms with Crippen LogP contribution in [0, 0.1) is 0 Å². The summed E-state index contributed by atoms with van der Waals surface area (Å²) >= 11 is 0. The molecule has 1 aliphatic heterocycles. The van der Waals surface area contributed by atoms with E-state index in [1.165, 1.54) is 102 Å². The van der Waals surface area contributed by atoms with Crippen molar-refractivity contribution in [2.75, 3.05) is 19.8 Å². The van der Waals surface area contributed by atoms with E-state index in [4.69, 9.17) is 14.2 Å². The first-order chi connectivity index (χ1) is 16.6. The van der Waals surface area contributed by atoms with E-state index in [1.54, 1.807) is 0 Å². The molecule has 0 bridgehead atoms. The van der Waals surface area contributed by atoms with Crippen molar-refractivity contribution >= 4 is 11.9 Å². The van der Waals surface area contributed by atoms with Gasteiger partial charge in [0.1, 0.15) is 6.61 Å². The second-order valence-corrected chi connectivity index (χ2v) is 9.14. The normalized spacial score (nSPS) is 14.7. The van der Waals surface area contributed by atoms with Crippen molar-refractivity contribution in [2.24, 2.45) is 0 Å². The summed E-state index contributed by atoms with van der Waals surface area (Å²) in [6.07, 6.45) is 26.3. The number of unbranched alkanes of at least 4 members (excludes halogenated alkanes) is 15. The van der Waals surface area contributed by atoms with Crippen molar-refractivity contribution in [1.82, 2.24) is 0 Å². The van der Waals surface area contributed by atoms with Gasteiger partial charge in [-0.25, -0.2) is 9.59 Å². The average Bonchev–Trinajstić information content (AvgIpc) is 3.38. The maximum Gasteiger partial charge on any atom is 0.330 e. The highest BCUT2D eigenvalue weighted by atomic mass is 16.6. The van der Waals surface area contributed by atoms with Crippen LogP contribution in [-0.4, -0.2) is 37.9 Å². The minimum atomic E-state index is -0.375. The van der Waals surface area contributed by atoms with Crippen molar-refractivity contribution in [2.45, 2.75) is 129 Å². The molecule has 0 aliphatic carbocycles. The second-order valence-electron chi connectivity index (χ2n) is 9.14. The highest BCUT2D eigenvalue weighted by Crippen LogP contribution is 2.14. The topological polar surface area (TPSA) is 61.8 Å². The van der Waals surface area contributed by atoms with Crippen molar-refractivity contribution in [3.05, 3.63) is 25.3 Å². The van der Waals surface area contributed by atoms with Gasteiger partial charge in [-0.3, -0.25) is 0 Å². The zero-order chi connectivity index (χ0) is 25.1. The Labute approximate surface area is 209 Å². The van der Waals surface area contributed by atoms with Gasteiger partial charge in [0.25, 0.3) is 0 Å². The van der Waals surface area contributed by atoms with E-state index in [0.29, 0.717) is 13.2 Å². The Kier molecular flexibility index (Phi) is 24.8. The van der Waals surface area contributed by atoms with Crippen LogP contribution in [0.5, 0.6) is 0 Å².